The van der Waals surface area contributed by atoms with Crippen molar-refractivity contribution in [3.63, 3.8) is 0 Å². The Labute approximate surface area is 139 Å². The summed E-state index contributed by atoms with van der Waals surface area (Å²) in [6.45, 7) is 0. The number of rotatable bonds is 5. The normalized spacial score (nSPS) is 16.9. The zero-order valence-corrected chi connectivity index (χ0v) is 13.4. The maximum absolute atomic E-state index is 13.2. The number of nitrogens with one attached hydrogen (secondary N) is 1. The molecule has 2 amide bonds. The van der Waals surface area contributed by atoms with Crippen LogP contribution in [-0.4, -0.2) is 17.9 Å². The molecule has 1 aromatic heterocycles. The molecule has 1 unspecified atom stereocenters. The second-order valence-corrected chi connectivity index (χ2v) is 6.44. The third kappa shape index (κ3) is 3.75. The SMILES string of the molecule is NC(=O)CC(NC(=O)c1cc2cc(F)ccc2o1)C1CCCCC1. The number of amides is 2. The van der Waals surface area contributed by atoms with Gasteiger partial charge in [0.05, 0.1) is 0 Å². The van der Waals surface area contributed by atoms with Gasteiger partial charge in [-0.05, 0) is 43.0 Å². The maximum Gasteiger partial charge on any atom is 0.287 e. The van der Waals surface area contributed by atoms with E-state index in [1.165, 1.54) is 30.7 Å². The van der Waals surface area contributed by atoms with E-state index in [-0.39, 0.29) is 30.0 Å². The van der Waals surface area contributed by atoms with Crippen molar-refractivity contribution >= 4 is 22.8 Å². The first kappa shape index (κ1) is 16.5. The zero-order chi connectivity index (χ0) is 17.1. The molecular weight excluding hydrogens is 311 g/mol. The largest absolute Gasteiger partial charge is 0.451 e. The Morgan fingerprint density at radius 3 is 2.71 bits per heavy atom. The molecular formula is C18H21FN2O3. The minimum atomic E-state index is -0.433. The first-order chi connectivity index (χ1) is 11.5. The Hall–Kier alpha value is -2.37. The van der Waals surface area contributed by atoms with Crippen LogP contribution in [0.2, 0.25) is 0 Å². The molecule has 1 saturated carbocycles. The second-order valence-electron chi connectivity index (χ2n) is 6.44. The highest BCUT2D eigenvalue weighted by molar-refractivity contribution is 5.96. The standard InChI is InChI=1S/C18H21FN2O3/c19-13-6-7-15-12(8-13)9-16(24-15)18(23)21-14(10-17(20)22)11-4-2-1-3-5-11/h6-9,11,14H,1-5,10H2,(H2,20,22)(H,21,23). The number of halogens is 1. The first-order valence-corrected chi connectivity index (χ1v) is 8.31. The fourth-order valence-electron chi connectivity index (χ4n) is 3.45. The molecule has 0 radical (unpaired) electrons. The van der Waals surface area contributed by atoms with Gasteiger partial charge in [-0.2, -0.15) is 0 Å². The van der Waals surface area contributed by atoms with E-state index in [1.807, 2.05) is 0 Å². The van der Waals surface area contributed by atoms with Crippen LogP contribution in [0.1, 0.15) is 49.1 Å². The quantitative estimate of drug-likeness (QED) is 0.882. The highest BCUT2D eigenvalue weighted by atomic mass is 19.1. The second kappa shape index (κ2) is 7.03. The highest BCUT2D eigenvalue weighted by Gasteiger charge is 2.27. The molecule has 2 aromatic rings. The van der Waals surface area contributed by atoms with Crippen LogP contribution in [0, 0.1) is 11.7 Å². The minimum Gasteiger partial charge on any atom is -0.451 e. The van der Waals surface area contributed by atoms with Gasteiger partial charge in [-0.15, -0.1) is 0 Å². The molecule has 0 bridgehead atoms. The monoisotopic (exact) mass is 332 g/mol. The molecule has 1 heterocycles. The van der Waals surface area contributed by atoms with E-state index in [0.717, 1.165) is 25.7 Å². The molecule has 6 heteroatoms. The summed E-state index contributed by atoms with van der Waals surface area (Å²) in [7, 11) is 0. The first-order valence-electron chi connectivity index (χ1n) is 8.31. The topological polar surface area (TPSA) is 85.3 Å². The highest BCUT2D eigenvalue weighted by Crippen LogP contribution is 2.28. The van der Waals surface area contributed by atoms with Gasteiger partial charge in [0.1, 0.15) is 11.4 Å². The van der Waals surface area contributed by atoms with Crippen LogP contribution >= 0.6 is 0 Å². The fraction of sp³-hybridized carbons (Fsp3) is 0.444. The van der Waals surface area contributed by atoms with E-state index >= 15 is 0 Å². The Kier molecular flexibility index (Phi) is 4.83. The van der Waals surface area contributed by atoms with Gasteiger partial charge in [0.15, 0.2) is 5.76 Å². The van der Waals surface area contributed by atoms with Crippen LogP contribution in [0.5, 0.6) is 0 Å². The summed E-state index contributed by atoms with van der Waals surface area (Å²) in [6, 6.07) is 5.31. The van der Waals surface area contributed by atoms with E-state index in [2.05, 4.69) is 5.32 Å². The van der Waals surface area contributed by atoms with Gasteiger partial charge >= 0.3 is 0 Å². The van der Waals surface area contributed by atoms with Gasteiger partial charge in [-0.25, -0.2) is 4.39 Å². The number of hydrogen-bond acceptors (Lipinski definition) is 3. The Morgan fingerprint density at radius 1 is 1.25 bits per heavy atom. The summed E-state index contributed by atoms with van der Waals surface area (Å²) in [5.74, 6) is -0.858. The molecule has 1 aromatic carbocycles. The molecule has 24 heavy (non-hydrogen) atoms. The molecule has 1 fully saturated rings. The number of carbonyl (C=O) groups is 2. The Bertz CT molecular complexity index is 750. The van der Waals surface area contributed by atoms with Gasteiger partial charge < -0.3 is 15.5 Å². The van der Waals surface area contributed by atoms with Gasteiger partial charge in [-0.1, -0.05) is 19.3 Å². The van der Waals surface area contributed by atoms with Crippen LogP contribution in [0.4, 0.5) is 4.39 Å². The molecule has 0 saturated heterocycles. The smallest absolute Gasteiger partial charge is 0.287 e. The summed E-state index contributed by atoms with van der Waals surface area (Å²) in [5, 5.41) is 3.41. The van der Waals surface area contributed by atoms with Crippen molar-refractivity contribution in [3.05, 3.63) is 35.8 Å². The molecule has 3 rings (SSSR count). The van der Waals surface area contributed by atoms with Crippen molar-refractivity contribution in [2.24, 2.45) is 11.7 Å². The summed E-state index contributed by atoms with van der Waals surface area (Å²) in [6.07, 6.45) is 5.45. The van der Waals surface area contributed by atoms with Gasteiger partial charge in [-0.3, -0.25) is 9.59 Å². The number of fused-ring (bicyclic) bond motifs is 1. The van der Waals surface area contributed by atoms with Crippen LogP contribution in [0.25, 0.3) is 11.0 Å². The lowest BCUT2D eigenvalue weighted by atomic mass is 9.82. The number of nitrogens with two attached hydrogens (primary N) is 1. The average molecular weight is 332 g/mol. The number of primary amides is 1. The van der Waals surface area contributed by atoms with Crippen LogP contribution in [0.15, 0.2) is 28.7 Å². The molecule has 128 valence electrons. The predicted molar refractivity (Wildman–Crippen MR) is 87.8 cm³/mol. The average Bonchev–Trinajstić information content (AvgIpc) is 2.98. The molecule has 5 nitrogen and oxygen atoms in total. The molecule has 1 aliphatic rings. The number of carbonyl (C=O) groups excluding carboxylic acids is 2. The van der Waals surface area contributed by atoms with E-state index in [1.54, 1.807) is 0 Å². The lowest BCUT2D eigenvalue weighted by molar-refractivity contribution is -0.118. The predicted octanol–water partition coefficient (Wildman–Crippen LogP) is 3.13. The lowest BCUT2D eigenvalue weighted by Crippen LogP contribution is -2.43. The number of benzene rings is 1. The van der Waals surface area contributed by atoms with E-state index in [0.29, 0.717) is 11.0 Å². The molecule has 1 aliphatic carbocycles. The Morgan fingerprint density at radius 2 is 2.00 bits per heavy atom. The van der Waals surface area contributed by atoms with Crippen molar-refractivity contribution in [1.82, 2.24) is 5.32 Å². The summed E-state index contributed by atoms with van der Waals surface area (Å²) >= 11 is 0. The van der Waals surface area contributed by atoms with Crippen molar-refractivity contribution in [2.75, 3.05) is 0 Å². The van der Waals surface area contributed by atoms with Crippen molar-refractivity contribution in [2.45, 2.75) is 44.6 Å². The third-order valence-corrected chi connectivity index (χ3v) is 4.66. The lowest BCUT2D eigenvalue weighted by Gasteiger charge is -2.30. The van der Waals surface area contributed by atoms with Crippen LogP contribution < -0.4 is 11.1 Å². The number of furan rings is 1. The van der Waals surface area contributed by atoms with E-state index < -0.39 is 11.8 Å². The third-order valence-electron chi connectivity index (χ3n) is 4.66. The molecule has 1 atom stereocenters. The van der Waals surface area contributed by atoms with Gasteiger partial charge in [0.25, 0.3) is 5.91 Å². The van der Waals surface area contributed by atoms with Crippen LogP contribution in [-0.2, 0) is 4.79 Å². The van der Waals surface area contributed by atoms with E-state index in [9.17, 15) is 14.0 Å². The summed E-state index contributed by atoms with van der Waals surface area (Å²) in [4.78, 5) is 23.8. The van der Waals surface area contributed by atoms with Crippen LogP contribution in [0.3, 0.4) is 0 Å². The summed E-state index contributed by atoms with van der Waals surface area (Å²) < 4.78 is 18.7. The molecule has 3 N–H and O–H groups in total. The minimum absolute atomic E-state index is 0.112. The summed E-state index contributed by atoms with van der Waals surface area (Å²) in [5.41, 5.74) is 5.79. The molecule has 0 spiro atoms. The number of hydrogen-bond donors (Lipinski definition) is 2. The van der Waals surface area contributed by atoms with Crippen molar-refractivity contribution < 1.29 is 18.4 Å². The fourth-order valence-corrected chi connectivity index (χ4v) is 3.45. The van der Waals surface area contributed by atoms with Gasteiger partial charge in [0, 0.05) is 17.8 Å². The van der Waals surface area contributed by atoms with Gasteiger partial charge in [0.2, 0.25) is 5.91 Å². The zero-order valence-electron chi connectivity index (χ0n) is 13.4. The van der Waals surface area contributed by atoms with Crippen molar-refractivity contribution in [3.8, 4) is 0 Å². The van der Waals surface area contributed by atoms with Crippen molar-refractivity contribution in [1.29, 1.82) is 0 Å². The molecule has 0 aliphatic heterocycles. The maximum atomic E-state index is 13.2. The Balaban J connectivity index is 1.76. The van der Waals surface area contributed by atoms with E-state index in [4.69, 9.17) is 10.2 Å².